The number of hydrogen-bond acceptors (Lipinski definition) is 5. The number of hydrogen-bond donors (Lipinski definition) is 1. The summed E-state index contributed by atoms with van der Waals surface area (Å²) in [5.74, 6) is -1.45. The van der Waals surface area contributed by atoms with E-state index < -0.39 is 22.1 Å². The lowest BCUT2D eigenvalue weighted by Gasteiger charge is -2.06. The van der Waals surface area contributed by atoms with E-state index in [9.17, 15) is 30.5 Å². The first-order valence-corrected chi connectivity index (χ1v) is 6.70. The number of rotatable bonds is 2. The Balaban J connectivity index is 2.56. The zero-order valence-electron chi connectivity index (χ0n) is 12.0. The average Bonchev–Trinajstić information content (AvgIpc) is 2.90. The number of nitro benzene ring substituents is 1. The van der Waals surface area contributed by atoms with Crippen molar-refractivity contribution in [2.45, 2.75) is 0 Å². The molecule has 1 aliphatic rings. The van der Waals surface area contributed by atoms with E-state index >= 15 is 0 Å². The first kappa shape index (κ1) is 14.9. The Morgan fingerprint density at radius 3 is 2.21 bits per heavy atom. The summed E-state index contributed by atoms with van der Waals surface area (Å²) in [6.07, 6.45) is 0. The first-order valence-electron chi connectivity index (χ1n) is 6.70. The van der Waals surface area contributed by atoms with Crippen molar-refractivity contribution in [3.63, 3.8) is 0 Å². The van der Waals surface area contributed by atoms with Gasteiger partial charge in [-0.15, -0.1) is 0 Å². The molecule has 24 heavy (non-hydrogen) atoms. The molecular formula is C17H7N3O4. The number of allylic oxidation sites excluding steroid dienone is 1. The number of carboxylic acids is 1. The third kappa shape index (κ3) is 1.93. The van der Waals surface area contributed by atoms with Crippen LogP contribution in [0.1, 0.15) is 21.5 Å². The predicted molar refractivity (Wildman–Crippen MR) is 82.7 cm³/mol. The molecule has 0 radical (unpaired) electrons. The van der Waals surface area contributed by atoms with E-state index in [-0.39, 0.29) is 16.7 Å². The molecule has 0 aliphatic heterocycles. The van der Waals surface area contributed by atoms with Crippen molar-refractivity contribution in [3.8, 4) is 23.3 Å². The summed E-state index contributed by atoms with van der Waals surface area (Å²) in [6, 6.07) is 12.9. The third-order valence-electron chi connectivity index (χ3n) is 3.80. The summed E-state index contributed by atoms with van der Waals surface area (Å²) < 4.78 is 0. The second kappa shape index (κ2) is 5.34. The van der Waals surface area contributed by atoms with Crippen molar-refractivity contribution >= 4 is 17.2 Å². The molecule has 7 heteroatoms. The Morgan fingerprint density at radius 2 is 1.67 bits per heavy atom. The molecule has 0 bridgehead atoms. The summed E-state index contributed by atoms with van der Waals surface area (Å²) >= 11 is 0. The van der Waals surface area contributed by atoms with Crippen molar-refractivity contribution in [1.29, 1.82) is 10.5 Å². The van der Waals surface area contributed by atoms with E-state index in [0.29, 0.717) is 16.7 Å². The van der Waals surface area contributed by atoms with Crippen molar-refractivity contribution in [2.24, 2.45) is 0 Å². The van der Waals surface area contributed by atoms with Gasteiger partial charge in [-0.25, -0.2) is 4.79 Å². The van der Waals surface area contributed by atoms with E-state index in [1.165, 1.54) is 6.07 Å². The molecule has 0 saturated heterocycles. The van der Waals surface area contributed by atoms with Gasteiger partial charge in [-0.2, -0.15) is 10.5 Å². The minimum atomic E-state index is -1.45. The zero-order valence-corrected chi connectivity index (χ0v) is 12.0. The maximum absolute atomic E-state index is 11.5. The summed E-state index contributed by atoms with van der Waals surface area (Å²) in [7, 11) is 0. The summed E-state index contributed by atoms with van der Waals surface area (Å²) in [5, 5.41) is 39.2. The largest absolute Gasteiger partial charge is 0.477 e. The van der Waals surface area contributed by atoms with E-state index in [4.69, 9.17) is 0 Å². The summed E-state index contributed by atoms with van der Waals surface area (Å²) in [4.78, 5) is 22.1. The topological polar surface area (TPSA) is 128 Å². The van der Waals surface area contributed by atoms with Crippen molar-refractivity contribution in [1.82, 2.24) is 0 Å². The van der Waals surface area contributed by atoms with Crippen LogP contribution in [0.4, 0.5) is 5.69 Å². The molecule has 0 fully saturated rings. The fourth-order valence-corrected chi connectivity index (χ4v) is 2.90. The Labute approximate surface area is 135 Å². The number of aromatic carboxylic acids is 1. The molecule has 114 valence electrons. The summed E-state index contributed by atoms with van der Waals surface area (Å²) in [5.41, 5.74) is 0.238. The van der Waals surface area contributed by atoms with Gasteiger partial charge >= 0.3 is 5.97 Å². The SMILES string of the molecule is N#CC(C#N)=C1c2ccccc2-c2ccc(C(=O)O)c([N+](=O)[O-])c21. The van der Waals surface area contributed by atoms with Crippen molar-refractivity contribution < 1.29 is 14.8 Å². The highest BCUT2D eigenvalue weighted by Gasteiger charge is 2.36. The highest BCUT2D eigenvalue weighted by molar-refractivity contribution is 6.09. The van der Waals surface area contributed by atoms with Crippen LogP contribution < -0.4 is 0 Å². The number of carbonyl (C=O) groups is 1. The van der Waals surface area contributed by atoms with Crippen molar-refractivity contribution in [3.05, 3.63) is 68.8 Å². The van der Waals surface area contributed by atoms with E-state index in [2.05, 4.69) is 0 Å². The van der Waals surface area contributed by atoms with Crippen LogP contribution in [0.25, 0.3) is 16.7 Å². The van der Waals surface area contributed by atoms with Gasteiger partial charge in [0.15, 0.2) is 0 Å². The molecule has 1 aliphatic carbocycles. The lowest BCUT2D eigenvalue weighted by Crippen LogP contribution is -2.05. The minimum Gasteiger partial charge on any atom is -0.477 e. The molecule has 0 unspecified atom stereocenters. The molecule has 0 spiro atoms. The highest BCUT2D eigenvalue weighted by Crippen LogP contribution is 2.50. The molecule has 0 aromatic heterocycles. The average molecular weight is 317 g/mol. The number of fused-ring (bicyclic) bond motifs is 3. The molecule has 3 rings (SSSR count). The molecule has 0 heterocycles. The molecule has 0 atom stereocenters. The van der Waals surface area contributed by atoms with Gasteiger partial charge in [0.25, 0.3) is 5.69 Å². The predicted octanol–water partition coefficient (Wildman–Crippen LogP) is 3.12. The maximum Gasteiger partial charge on any atom is 0.342 e. The normalized spacial score (nSPS) is 11.0. The standard InChI is InChI=1S/C17H7N3O4/c18-7-9(8-19)14-11-4-2-1-3-10(11)12-5-6-13(17(21)22)16(15(12)14)20(23)24/h1-6H,(H,21,22). The minimum absolute atomic E-state index is 0.000741. The van der Waals surface area contributed by atoms with Crippen LogP contribution in [0.15, 0.2) is 42.0 Å². The zero-order chi connectivity index (χ0) is 17.4. The molecule has 2 aromatic carbocycles. The van der Waals surface area contributed by atoms with Gasteiger partial charge in [-0.05, 0) is 22.8 Å². The van der Waals surface area contributed by atoms with Crippen molar-refractivity contribution in [2.75, 3.05) is 0 Å². The van der Waals surface area contributed by atoms with Crippen LogP contribution in [-0.2, 0) is 0 Å². The van der Waals surface area contributed by atoms with Gasteiger partial charge in [0.05, 0.1) is 10.5 Å². The number of benzene rings is 2. The van der Waals surface area contributed by atoms with Crippen LogP contribution in [0.3, 0.4) is 0 Å². The van der Waals surface area contributed by atoms with Crippen LogP contribution in [-0.4, -0.2) is 16.0 Å². The van der Waals surface area contributed by atoms with Crippen LogP contribution in [0.2, 0.25) is 0 Å². The number of nitriles is 2. The smallest absolute Gasteiger partial charge is 0.342 e. The van der Waals surface area contributed by atoms with Crippen LogP contribution in [0, 0.1) is 32.8 Å². The molecule has 0 amide bonds. The van der Waals surface area contributed by atoms with E-state index in [0.717, 1.165) is 6.07 Å². The molecule has 0 saturated carbocycles. The van der Waals surface area contributed by atoms with Gasteiger partial charge in [0.2, 0.25) is 0 Å². The quantitative estimate of drug-likeness (QED) is 0.439. The highest BCUT2D eigenvalue weighted by atomic mass is 16.6. The Morgan fingerprint density at radius 1 is 1.04 bits per heavy atom. The number of nitrogens with zero attached hydrogens (tertiary/aromatic N) is 3. The number of nitro groups is 1. The first-order chi connectivity index (χ1) is 11.5. The second-order valence-electron chi connectivity index (χ2n) is 4.97. The molecule has 2 aromatic rings. The Hall–Kier alpha value is -3.97. The fourth-order valence-electron chi connectivity index (χ4n) is 2.90. The summed E-state index contributed by atoms with van der Waals surface area (Å²) in [6.45, 7) is 0. The lowest BCUT2D eigenvalue weighted by molar-refractivity contribution is -0.385. The van der Waals surface area contributed by atoms with Crippen LogP contribution in [0.5, 0.6) is 0 Å². The second-order valence-corrected chi connectivity index (χ2v) is 4.97. The van der Waals surface area contributed by atoms with E-state index in [1.54, 1.807) is 36.4 Å². The van der Waals surface area contributed by atoms with Gasteiger partial charge in [-0.3, -0.25) is 10.1 Å². The molecule has 1 N–H and O–H groups in total. The monoisotopic (exact) mass is 317 g/mol. The van der Waals surface area contributed by atoms with Gasteiger partial charge in [-0.1, -0.05) is 30.3 Å². The van der Waals surface area contributed by atoms with Crippen LogP contribution >= 0.6 is 0 Å². The Kier molecular flexibility index (Phi) is 3.33. The van der Waals surface area contributed by atoms with Gasteiger partial charge < -0.3 is 5.11 Å². The lowest BCUT2D eigenvalue weighted by atomic mass is 9.95. The maximum atomic E-state index is 11.5. The van der Waals surface area contributed by atoms with E-state index in [1.807, 2.05) is 0 Å². The Bertz CT molecular complexity index is 1020. The molecule has 7 nitrogen and oxygen atoms in total. The molecular weight excluding hydrogens is 310 g/mol. The van der Waals surface area contributed by atoms with Gasteiger partial charge in [0.1, 0.15) is 23.3 Å². The fraction of sp³-hybridized carbons (Fsp3) is 0. The third-order valence-corrected chi connectivity index (χ3v) is 3.80. The van der Waals surface area contributed by atoms with Gasteiger partial charge in [0, 0.05) is 5.57 Å². The number of carboxylic acid groups (broad SMARTS) is 1.